The first-order valence-electron chi connectivity index (χ1n) is 10.6. The zero-order valence-electron chi connectivity index (χ0n) is 20.3. The number of carboxylic acid groups (broad SMARTS) is 1. The van der Waals surface area contributed by atoms with Crippen LogP contribution in [0.25, 0.3) is 0 Å². The number of amides is 2. The van der Waals surface area contributed by atoms with Crippen LogP contribution in [0.5, 0.6) is 0 Å². The van der Waals surface area contributed by atoms with Gasteiger partial charge in [0, 0.05) is 25.9 Å². The Kier molecular flexibility index (Phi) is 22.1. The topological polar surface area (TPSA) is 125 Å². The van der Waals surface area contributed by atoms with Gasteiger partial charge in [-0.05, 0) is 33.2 Å². The monoisotopic (exact) mass is 433 g/mol. The van der Waals surface area contributed by atoms with Gasteiger partial charge in [0.25, 0.3) is 0 Å². The lowest BCUT2D eigenvalue weighted by Crippen LogP contribution is -2.32. The van der Waals surface area contributed by atoms with Crippen LogP contribution in [0, 0.1) is 0 Å². The highest BCUT2D eigenvalue weighted by Gasteiger charge is 2.11. The number of ketones is 1. The van der Waals surface area contributed by atoms with Crippen LogP contribution in [-0.4, -0.2) is 87.5 Å². The Bertz CT molecular complexity index is 484. The molecule has 0 spiro atoms. The second-order valence-corrected chi connectivity index (χ2v) is 7.97. The number of likely N-dealkylation sites (N-methyl/N-ethyl adjacent to an activating group) is 1. The van der Waals surface area contributed by atoms with Crippen LogP contribution < -0.4 is 16.0 Å². The highest BCUT2D eigenvalue weighted by Crippen LogP contribution is 2.01. The van der Waals surface area contributed by atoms with Gasteiger partial charge in [-0.25, -0.2) is 0 Å². The Morgan fingerprint density at radius 3 is 1.63 bits per heavy atom. The lowest BCUT2D eigenvalue weighted by atomic mass is 10.1. The van der Waals surface area contributed by atoms with Gasteiger partial charge >= 0.3 is 5.97 Å². The quantitative estimate of drug-likeness (QED) is 0.255. The number of hydrogen-bond donors (Lipinski definition) is 4. The maximum atomic E-state index is 11.5. The standard InChI is InChI=1S/C15H27N3O5.C4H12N.C2H6/c1-11(19)12(16-2)5-3-4-9-17-13(20)6-7-14(21)18-10-8-15(22)23;1-5(2,3)4;1-2/h12,16H,3-10H2,1-2H3,(H,17,20)(H,18,21)(H,22,23);1-4H3;1-2H3/q;+1;. The molecule has 1 atom stereocenters. The molecule has 0 aromatic heterocycles. The van der Waals surface area contributed by atoms with Crippen molar-refractivity contribution >= 4 is 23.6 Å². The summed E-state index contributed by atoms with van der Waals surface area (Å²) >= 11 is 0. The third-order valence-electron chi connectivity index (χ3n) is 3.32. The fourth-order valence-electron chi connectivity index (χ4n) is 1.96. The average molecular weight is 434 g/mol. The molecule has 9 nitrogen and oxygen atoms in total. The van der Waals surface area contributed by atoms with Crippen molar-refractivity contribution in [1.29, 1.82) is 0 Å². The maximum Gasteiger partial charge on any atom is 0.305 e. The minimum Gasteiger partial charge on any atom is -0.481 e. The van der Waals surface area contributed by atoms with E-state index in [1.54, 1.807) is 14.0 Å². The number of carbonyl (C=O) groups is 4. The summed E-state index contributed by atoms with van der Waals surface area (Å²) in [7, 11) is 10.2. The van der Waals surface area contributed by atoms with Gasteiger partial charge in [0.05, 0.1) is 40.7 Å². The van der Waals surface area contributed by atoms with Crippen molar-refractivity contribution in [3.8, 4) is 0 Å². The Morgan fingerprint density at radius 2 is 1.27 bits per heavy atom. The molecule has 0 heterocycles. The molecule has 0 radical (unpaired) electrons. The molecular formula is C21H45N4O5+. The lowest BCUT2D eigenvalue weighted by Gasteiger charge is -2.14. The number of nitrogens with one attached hydrogen (secondary N) is 3. The third-order valence-corrected chi connectivity index (χ3v) is 3.32. The highest BCUT2D eigenvalue weighted by atomic mass is 16.4. The Labute approximate surface area is 182 Å². The van der Waals surface area contributed by atoms with Crippen LogP contribution >= 0.6 is 0 Å². The molecule has 178 valence electrons. The molecule has 0 saturated carbocycles. The zero-order valence-corrected chi connectivity index (χ0v) is 20.3. The van der Waals surface area contributed by atoms with Gasteiger partial charge in [-0.2, -0.15) is 0 Å². The van der Waals surface area contributed by atoms with Crippen molar-refractivity contribution in [2.45, 2.75) is 65.3 Å². The molecule has 30 heavy (non-hydrogen) atoms. The minimum absolute atomic E-state index is 0.0393. The molecule has 0 aromatic carbocycles. The van der Waals surface area contributed by atoms with Gasteiger partial charge < -0.3 is 25.5 Å². The summed E-state index contributed by atoms with van der Waals surface area (Å²) in [5, 5.41) is 16.5. The van der Waals surface area contributed by atoms with Crippen LogP contribution in [0.4, 0.5) is 0 Å². The zero-order chi connectivity index (χ0) is 24.2. The van der Waals surface area contributed by atoms with Gasteiger partial charge in [-0.3, -0.25) is 19.2 Å². The minimum atomic E-state index is -0.978. The average Bonchev–Trinajstić information content (AvgIpc) is 2.62. The van der Waals surface area contributed by atoms with Crippen molar-refractivity contribution in [2.24, 2.45) is 0 Å². The van der Waals surface area contributed by atoms with Gasteiger partial charge in [0.1, 0.15) is 5.78 Å². The van der Waals surface area contributed by atoms with Gasteiger partial charge in [0.2, 0.25) is 11.8 Å². The molecule has 1 unspecified atom stereocenters. The first-order valence-corrected chi connectivity index (χ1v) is 10.6. The summed E-state index contributed by atoms with van der Waals surface area (Å²) in [4.78, 5) is 44.4. The molecule has 0 bridgehead atoms. The van der Waals surface area contributed by atoms with Crippen molar-refractivity contribution in [2.75, 3.05) is 48.3 Å². The van der Waals surface area contributed by atoms with Crippen LogP contribution in [0.1, 0.15) is 59.3 Å². The smallest absolute Gasteiger partial charge is 0.305 e. The van der Waals surface area contributed by atoms with Gasteiger partial charge in [-0.1, -0.05) is 13.8 Å². The first kappa shape index (κ1) is 32.7. The van der Waals surface area contributed by atoms with Gasteiger partial charge in [0.15, 0.2) is 0 Å². The van der Waals surface area contributed by atoms with E-state index in [4.69, 9.17) is 5.11 Å². The Morgan fingerprint density at radius 1 is 0.833 bits per heavy atom. The van der Waals surface area contributed by atoms with E-state index in [2.05, 4.69) is 44.1 Å². The number of nitrogens with zero attached hydrogens (tertiary/aromatic N) is 1. The Balaban J connectivity index is -0.000000901. The van der Waals surface area contributed by atoms with E-state index >= 15 is 0 Å². The molecule has 0 aliphatic rings. The van der Waals surface area contributed by atoms with E-state index in [0.29, 0.717) is 6.54 Å². The second kappa shape index (κ2) is 20.3. The number of Topliss-reactive ketones (excluding diaryl/α,β-unsaturated/α-hetero) is 1. The summed E-state index contributed by atoms with van der Waals surface area (Å²) in [6.07, 6.45) is 2.30. The number of unbranched alkanes of at least 4 members (excludes halogenated alkanes) is 1. The molecule has 0 rings (SSSR count). The van der Waals surface area contributed by atoms with Crippen molar-refractivity contribution in [3.05, 3.63) is 0 Å². The second-order valence-electron chi connectivity index (χ2n) is 7.97. The number of hydrogen-bond acceptors (Lipinski definition) is 5. The first-order chi connectivity index (χ1) is 13.9. The predicted octanol–water partition coefficient (Wildman–Crippen LogP) is 1.17. The molecule has 0 saturated heterocycles. The number of carbonyl (C=O) groups excluding carboxylic acids is 3. The molecule has 0 aliphatic heterocycles. The largest absolute Gasteiger partial charge is 0.481 e. The van der Waals surface area contributed by atoms with Crippen LogP contribution in [-0.2, 0) is 19.2 Å². The highest BCUT2D eigenvalue weighted by molar-refractivity contribution is 5.83. The van der Waals surface area contributed by atoms with E-state index in [1.165, 1.54) is 0 Å². The van der Waals surface area contributed by atoms with E-state index in [-0.39, 0.29) is 49.4 Å². The molecule has 0 aliphatic carbocycles. The third kappa shape index (κ3) is 30.7. The summed E-state index contributed by atoms with van der Waals surface area (Å²) in [6.45, 7) is 6.12. The van der Waals surface area contributed by atoms with Crippen LogP contribution in [0.3, 0.4) is 0 Å². The van der Waals surface area contributed by atoms with E-state index in [1.807, 2.05) is 13.8 Å². The molecule has 0 aromatic rings. The predicted molar refractivity (Wildman–Crippen MR) is 120 cm³/mol. The number of aliphatic carboxylic acids is 1. The number of quaternary nitrogens is 1. The van der Waals surface area contributed by atoms with Crippen LogP contribution in [0.15, 0.2) is 0 Å². The molecule has 4 N–H and O–H groups in total. The van der Waals surface area contributed by atoms with E-state index < -0.39 is 5.97 Å². The van der Waals surface area contributed by atoms with E-state index in [9.17, 15) is 19.2 Å². The molecule has 2 amide bonds. The number of rotatable bonds is 13. The summed E-state index contributed by atoms with van der Waals surface area (Å²) < 4.78 is 1.00. The maximum absolute atomic E-state index is 11.5. The summed E-state index contributed by atoms with van der Waals surface area (Å²) in [5.74, 6) is -1.42. The summed E-state index contributed by atoms with van der Waals surface area (Å²) in [6, 6.07) is -0.139. The molecule has 9 heteroatoms. The van der Waals surface area contributed by atoms with Crippen LogP contribution in [0.2, 0.25) is 0 Å². The number of carboxylic acids is 1. The van der Waals surface area contributed by atoms with Gasteiger partial charge in [-0.15, -0.1) is 0 Å². The summed E-state index contributed by atoms with van der Waals surface area (Å²) in [5.41, 5.74) is 0. The van der Waals surface area contributed by atoms with Crippen molar-refractivity contribution in [1.82, 2.24) is 16.0 Å². The van der Waals surface area contributed by atoms with Crippen molar-refractivity contribution < 1.29 is 28.8 Å². The Hall–Kier alpha value is -2.00. The fourth-order valence-corrected chi connectivity index (χ4v) is 1.96. The lowest BCUT2D eigenvalue weighted by molar-refractivity contribution is -0.849. The fraction of sp³-hybridized carbons (Fsp3) is 0.810. The van der Waals surface area contributed by atoms with E-state index in [0.717, 1.165) is 23.7 Å². The molecular weight excluding hydrogens is 388 g/mol. The molecule has 0 fully saturated rings. The normalized spacial score (nSPS) is 11.1. The van der Waals surface area contributed by atoms with Crippen molar-refractivity contribution in [3.63, 3.8) is 0 Å². The SMILES string of the molecule is CC.CNC(CCCCNC(=O)CCC(=O)NCCC(=O)O)C(C)=O.C[N+](C)(C)C.